The van der Waals surface area contributed by atoms with Crippen molar-refractivity contribution in [1.29, 1.82) is 0 Å². The standard InChI is InChI=1S/C16H24N2O3/c1-3-14(13-6-4-5-7-15(13)20-2)18-16(19)10-12-11-21-9-8-17-12/h4-7,12,14,17H,3,8-11H2,1-2H3,(H,18,19). The van der Waals surface area contributed by atoms with Crippen LogP contribution in [-0.4, -0.2) is 38.8 Å². The molecule has 116 valence electrons. The Kier molecular flexibility index (Phi) is 6.02. The quantitative estimate of drug-likeness (QED) is 0.837. The van der Waals surface area contributed by atoms with E-state index in [4.69, 9.17) is 9.47 Å². The van der Waals surface area contributed by atoms with Crippen LogP contribution in [0.5, 0.6) is 5.75 Å². The molecule has 1 fully saturated rings. The number of hydrogen-bond donors (Lipinski definition) is 2. The van der Waals surface area contributed by atoms with Crippen molar-refractivity contribution in [2.75, 3.05) is 26.9 Å². The second-order valence-corrected chi connectivity index (χ2v) is 5.20. The molecule has 2 atom stereocenters. The number of carbonyl (C=O) groups excluding carboxylic acids is 1. The number of nitrogens with one attached hydrogen (secondary N) is 2. The summed E-state index contributed by atoms with van der Waals surface area (Å²) in [7, 11) is 1.65. The normalized spacial score (nSPS) is 19.8. The van der Waals surface area contributed by atoms with E-state index in [9.17, 15) is 4.79 Å². The highest BCUT2D eigenvalue weighted by atomic mass is 16.5. The van der Waals surface area contributed by atoms with Gasteiger partial charge in [-0.15, -0.1) is 0 Å². The highest BCUT2D eigenvalue weighted by Crippen LogP contribution is 2.26. The number of amides is 1. The van der Waals surface area contributed by atoms with Crippen LogP contribution in [0.3, 0.4) is 0 Å². The van der Waals surface area contributed by atoms with Gasteiger partial charge in [0.2, 0.25) is 5.91 Å². The first-order valence-corrected chi connectivity index (χ1v) is 7.48. The highest BCUT2D eigenvalue weighted by molar-refractivity contribution is 5.77. The summed E-state index contributed by atoms with van der Waals surface area (Å²) in [6.07, 6.45) is 1.26. The molecule has 2 unspecified atom stereocenters. The maximum Gasteiger partial charge on any atom is 0.222 e. The van der Waals surface area contributed by atoms with Gasteiger partial charge in [0.25, 0.3) is 0 Å². The molecule has 1 amide bonds. The molecule has 5 heteroatoms. The zero-order valence-corrected chi connectivity index (χ0v) is 12.7. The molecule has 1 aromatic carbocycles. The third-order valence-corrected chi connectivity index (χ3v) is 3.69. The van der Waals surface area contributed by atoms with E-state index in [0.717, 1.165) is 30.9 Å². The summed E-state index contributed by atoms with van der Waals surface area (Å²) in [5.41, 5.74) is 1.02. The van der Waals surface area contributed by atoms with Crippen molar-refractivity contribution in [2.24, 2.45) is 0 Å². The number of methoxy groups -OCH3 is 1. The second kappa shape index (κ2) is 8.00. The van der Waals surface area contributed by atoms with Gasteiger partial charge >= 0.3 is 0 Å². The molecule has 1 aromatic rings. The molecule has 1 aliphatic heterocycles. The molecule has 0 aliphatic carbocycles. The van der Waals surface area contributed by atoms with Gasteiger partial charge in [0.1, 0.15) is 5.75 Å². The average molecular weight is 292 g/mol. The van der Waals surface area contributed by atoms with Crippen LogP contribution in [0.15, 0.2) is 24.3 Å². The molecule has 0 radical (unpaired) electrons. The number of rotatable bonds is 6. The molecule has 1 saturated heterocycles. The lowest BCUT2D eigenvalue weighted by molar-refractivity contribution is -0.123. The second-order valence-electron chi connectivity index (χ2n) is 5.20. The molecule has 21 heavy (non-hydrogen) atoms. The molecule has 5 nitrogen and oxygen atoms in total. The molecule has 1 aliphatic rings. The highest BCUT2D eigenvalue weighted by Gasteiger charge is 2.20. The minimum Gasteiger partial charge on any atom is -0.496 e. The Morgan fingerprint density at radius 3 is 3.00 bits per heavy atom. The first kappa shape index (κ1) is 15.8. The lowest BCUT2D eigenvalue weighted by Gasteiger charge is -2.25. The molecule has 2 N–H and O–H groups in total. The Balaban J connectivity index is 1.96. The molecular weight excluding hydrogens is 268 g/mol. The van der Waals surface area contributed by atoms with E-state index < -0.39 is 0 Å². The monoisotopic (exact) mass is 292 g/mol. The van der Waals surface area contributed by atoms with Crippen LogP contribution in [0.2, 0.25) is 0 Å². The summed E-state index contributed by atoms with van der Waals surface area (Å²) in [6, 6.07) is 7.88. The van der Waals surface area contributed by atoms with Gasteiger partial charge in [-0.2, -0.15) is 0 Å². The number of carbonyl (C=O) groups is 1. The van der Waals surface area contributed by atoms with Gasteiger partial charge in [-0.3, -0.25) is 4.79 Å². The van der Waals surface area contributed by atoms with E-state index in [2.05, 4.69) is 17.6 Å². The van der Waals surface area contributed by atoms with Gasteiger partial charge < -0.3 is 20.1 Å². The zero-order chi connectivity index (χ0) is 15.1. The van der Waals surface area contributed by atoms with Crippen molar-refractivity contribution in [2.45, 2.75) is 31.8 Å². The fourth-order valence-corrected chi connectivity index (χ4v) is 2.58. The Morgan fingerprint density at radius 2 is 2.33 bits per heavy atom. The maximum absolute atomic E-state index is 12.2. The lowest BCUT2D eigenvalue weighted by Crippen LogP contribution is -2.44. The van der Waals surface area contributed by atoms with Crippen LogP contribution in [0, 0.1) is 0 Å². The van der Waals surface area contributed by atoms with Crippen molar-refractivity contribution in [1.82, 2.24) is 10.6 Å². The molecule has 1 heterocycles. The van der Waals surface area contributed by atoms with Gasteiger partial charge in [-0.1, -0.05) is 25.1 Å². The average Bonchev–Trinajstić information content (AvgIpc) is 2.53. The smallest absolute Gasteiger partial charge is 0.222 e. The van der Waals surface area contributed by atoms with Gasteiger partial charge in [-0.05, 0) is 12.5 Å². The summed E-state index contributed by atoms with van der Waals surface area (Å²) in [6.45, 7) is 4.18. The van der Waals surface area contributed by atoms with Crippen LogP contribution in [0.4, 0.5) is 0 Å². The Morgan fingerprint density at radius 1 is 1.52 bits per heavy atom. The summed E-state index contributed by atoms with van der Waals surface area (Å²) >= 11 is 0. The van der Waals surface area contributed by atoms with Crippen LogP contribution in [-0.2, 0) is 9.53 Å². The van der Waals surface area contributed by atoms with E-state index in [1.54, 1.807) is 7.11 Å². The van der Waals surface area contributed by atoms with Crippen LogP contribution < -0.4 is 15.4 Å². The minimum atomic E-state index is -0.0295. The van der Waals surface area contributed by atoms with Gasteiger partial charge in [0, 0.05) is 24.6 Å². The summed E-state index contributed by atoms with van der Waals surface area (Å²) in [5, 5.41) is 6.38. The topological polar surface area (TPSA) is 59.6 Å². The molecule has 2 rings (SSSR count). The first-order valence-electron chi connectivity index (χ1n) is 7.48. The Labute approximate surface area is 126 Å². The predicted molar refractivity (Wildman–Crippen MR) is 81.4 cm³/mol. The van der Waals surface area contributed by atoms with E-state index in [0.29, 0.717) is 13.0 Å². The van der Waals surface area contributed by atoms with Gasteiger partial charge in [0.15, 0.2) is 0 Å². The largest absolute Gasteiger partial charge is 0.496 e. The molecular formula is C16H24N2O3. The Hall–Kier alpha value is -1.59. The van der Waals surface area contributed by atoms with Crippen LogP contribution >= 0.6 is 0 Å². The number of benzene rings is 1. The van der Waals surface area contributed by atoms with Crippen molar-refractivity contribution < 1.29 is 14.3 Å². The molecule has 0 aromatic heterocycles. The van der Waals surface area contributed by atoms with Gasteiger partial charge in [-0.25, -0.2) is 0 Å². The van der Waals surface area contributed by atoms with Crippen molar-refractivity contribution in [3.63, 3.8) is 0 Å². The first-order chi connectivity index (χ1) is 10.2. The van der Waals surface area contributed by atoms with Crippen LogP contribution in [0.25, 0.3) is 0 Å². The molecule has 0 spiro atoms. The third-order valence-electron chi connectivity index (χ3n) is 3.69. The fourth-order valence-electron chi connectivity index (χ4n) is 2.58. The van der Waals surface area contributed by atoms with E-state index >= 15 is 0 Å². The van der Waals surface area contributed by atoms with Crippen molar-refractivity contribution >= 4 is 5.91 Å². The summed E-state index contributed by atoms with van der Waals surface area (Å²) < 4.78 is 10.7. The van der Waals surface area contributed by atoms with Crippen molar-refractivity contribution in [3.8, 4) is 5.75 Å². The number of hydrogen-bond acceptors (Lipinski definition) is 4. The minimum absolute atomic E-state index is 0.0295. The summed E-state index contributed by atoms with van der Waals surface area (Å²) in [5.74, 6) is 0.847. The van der Waals surface area contributed by atoms with Gasteiger partial charge in [0.05, 0.1) is 26.4 Å². The van der Waals surface area contributed by atoms with Crippen LogP contribution in [0.1, 0.15) is 31.4 Å². The van der Waals surface area contributed by atoms with E-state index in [1.807, 2.05) is 24.3 Å². The maximum atomic E-state index is 12.2. The number of para-hydroxylation sites is 1. The molecule has 0 saturated carbocycles. The number of ether oxygens (including phenoxy) is 2. The van der Waals surface area contributed by atoms with E-state index in [1.165, 1.54) is 0 Å². The summed E-state index contributed by atoms with van der Waals surface area (Å²) in [4.78, 5) is 12.2. The Bertz CT molecular complexity index is 459. The zero-order valence-electron chi connectivity index (χ0n) is 12.7. The van der Waals surface area contributed by atoms with E-state index in [-0.39, 0.29) is 18.0 Å². The SMILES string of the molecule is CCC(NC(=O)CC1COCCN1)c1ccccc1OC. The lowest BCUT2D eigenvalue weighted by atomic mass is 10.0. The fraction of sp³-hybridized carbons (Fsp3) is 0.562. The molecule has 0 bridgehead atoms. The predicted octanol–water partition coefficient (Wildman–Crippen LogP) is 1.64. The third kappa shape index (κ3) is 4.44. The van der Waals surface area contributed by atoms with Crippen molar-refractivity contribution in [3.05, 3.63) is 29.8 Å². The number of morpholine rings is 1.